The summed E-state index contributed by atoms with van der Waals surface area (Å²) in [6.45, 7) is 11.4. The van der Waals surface area contributed by atoms with Crippen molar-refractivity contribution < 1.29 is 9.53 Å². The van der Waals surface area contributed by atoms with Crippen LogP contribution in [0.1, 0.15) is 93.8 Å². The van der Waals surface area contributed by atoms with Crippen LogP contribution >= 0.6 is 0 Å². The van der Waals surface area contributed by atoms with E-state index in [9.17, 15) is 4.79 Å². The summed E-state index contributed by atoms with van der Waals surface area (Å²) in [6, 6.07) is 3.27. The van der Waals surface area contributed by atoms with Crippen LogP contribution in [0.4, 0.5) is 0 Å². The lowest BCUT2D eigenvalue weighted by atomic mass is 9.88. The van der Waals surface area contributed by atoms with Gasteiger partial charge in [0.2, 0.25) is 0 Å². The van der Waals surface area contributed by atoms with E-state index in [4.69, 9.17) is 4.74 Å². The van der Waals surface area contributed by atoms with Gasteiger partial charge in [-0.1, -0.05) is 13.8 Å². The Labute approximate surface area is 212 Å². The largest absolute Gasteiger partial charge is 0.375 e. The van der Waals surface area contributed by atoms with Crippen LogP contribution in [0.2, 0.25) is 0 Å². The monoisotopic (exact) mass is 493 g/mol. The average Bonchev–Trinajstić information content (AvgIpc) is 3.47. The second-order valence-corrected chi connectivity index (χ2v) is 11.4. The number of H-pyrrole nitrogens is 1. The van der Waals surface area contributed by atoms with Crippen molar-refractivity contribution in [3.63, 3.8) is 0 Å². The van der Waals surface area contributed by atoms with Gasteiger partial charge in [-0.2, -0.15) is 10.2 Å². The van der Waals surface area contributed by atoms with Gasteiger partial charge in [0.1, 0.15) is 6.33 Å². The number of pyridine rings is 1. The zero-order chi connectivity index (χ0) is 25.4. The molecule has 1 saturated heterocycles. The van der Waals surface area contributed by atoms with Crippen LogP contribution in [0, 0.1) is 6.92 Å². The third-order valence-electron chi connectivity index (χ3n) is 7.68. The van der Waals surface area contributed by atoms with E-state index in [0.29, 0.717) is 17.8 Å². The minimum Gasteiger partial charge on any atom is -0.375 e. The highest BCUT2D eigenvalue weighted by atomic mass is 16.5. The second kappa shape index (κ2) is 9.94. The van der Waals surface area contributed by atoms with Crippen molar-refractivity contribution in [2.75, 3.05) is 6.61 Å². The van der Waals surface area contributed by atoms with Crippen molar-refractivity contribution in [3.8, 4) is 11.3 Å². The van der Waals surface area contributed by atoms with E-state index in [2.05, 4.69) is 64.7 Å². The molecule has 0 spiro atoms. The first-order valence-corrected chi connectivity index (χ1v) is 13.3. The Bertz CT molecular complexity index is 1220. The lowest BCUT2D eigenvalue weighted by Crippen LogP contribution is -2.49. The molecule has 1 unspecified atom stereocenters. The number of aromatic amines is 1. The summed E-state index contributed by atoms with van der Waals surface area (Å²) in [4.78, 5) is 17.6. The Hall–Kier alpha value is -2.78. The van der Waals surface area contributed by atoms with Crippen molar-refractivity contribution in [3.05, 3.63) is 35.4 Å². The van der Waals surface area contributed by atoms with Crippen molar-refractivity contribution in [2.45, 2.75) is 103 Å². The molecular weight excluding hydrogens is 454 g/mol. The van der Waals surface area contributed by atoms with Crippen LogP contribution in [-0.2, 0) is 4.74 Å². The van der Waals surface area contributed by atoms with Crippen molar-refractivity contribution in [1.82, 2.24) is 35.4 Å². The molecule has 3 aromatic heterocycles. The molecule has 3 aromatic rings. The maximum atomic E-state index is 13.3. The van der Waals surface area contributed by atoms with Crippen LogP contribution in [0.3, 0.4) is 0 Å². The molecule has 2 aliphatic rings. The summed E-state index contributed by atoms with van der Waals surface area (Å²) in [5, 5.41) is 19.0. The highest BCUT2D eigenvalue weighted by Crippen LogP contribution is 2.32. The summed E-state index contributed by atoms with van der Waals surface area (Å²) in [7, 11) is 0. The molecule has 0 radical (unpaired) electrons. The molecule has 1 aliphatic heterocycles. The van der Waals surface area contributed by atoms with E-state index < -0.39 is 0 Å². The summed E-state index contributed by atoms with van der Waals surface area (Å²) in [6.07, 6.45) is 9.71. The molecule has 1 atom stereocenters. The number of fused-ring (bicyclic) bond motifs is 1. The number of hydrogen-bond acceptors (Lipinski definition) is 6. The highest BCUT2D eigenvalue weighted by Gasteiger charge is 2.32. The first-order valence-electron chi connectivity index (χ1n) is 13.3. The third-order valence-corrected chi connectivity index (χ3v) is 7.68. The van der Waals surface area contributed by atoms with Gasteiger partial charge in [-0.05, 0) is 76.8 Å². The maximum Gasteiger partial charge on any atom is 0.272 e. The van der Waals surface area contributed by atoms with E-state index in [-0.39, 0.29) is 23.5 Å². The van der Waals surface area contributed by atoms with E-state index >= 15 is 0 Å². The summed E-state index contributed by atoms with van der Waals surface area (Å²) < 4.78 is 7.63. The SMILES string of the molecule is Cc1cc(-c2[nH]nc(C(=O)N[C@H]3CC[C@@H](NC4CCOC(C)(C)C4)CC3)c2C(C)C)cn2ncnc12. The number of nitrogens with zero attached hydrogens (tertiary/aromatic N) is 4. The molecule has 36 heavy (non-hydrogen) atoms. The van der Waals surface area contributed by atoms with Crippen LogP contribution in [-0.4, -0.2) is 61.0 Å². The number of nitrogens with one attached hydrogen (secondary N) is 3. The lowest BCUT2D eigenvalue weighted by molar-refractivity contribution is -0.0647. The van der Waals surface area contributed by atoms with Crippen molar-refractivity contribution >= 4 is 11.6 Å². The highest BCUT2D eigenvalue weighted by molar-refractivity contribution is 5.96. The minimum atomic E-state index is -0.0951. The predicted octanol–water partition coefficient (Wildman–Crippen LogP) is 4.14. The fraction of sp³-hybridized carbons (Fsp3) is 0.630. The average molecular weight is 494 g/mol. The minimum absolute atomic E-state index is 0.0443. The molecule has 9 nitrogen and oxygen atoms in total. The first kappa shape index (κ1) is 24.9. The smallest absolute Gasteiger partial charge is 0.272 e. The first-order chi connectivity index (χ1) is 17.2. The Morgan fingerprint density at radius 3 is 2.64 bits per heavy atom. The number of ether oxygens (including phenoxy) is 1. The second-order valence-electron chi connectivity index (χ2n) is 11.4. The van der Waals surface area contributed by atoms with Gasteiger partial charge >= 0.3 is 0 Å². The predicted molar refractivity (Wildman–Crippen MR) is 139 cm³/mol. The fourth-order valence-corrected chi connectivity index (χ4v) is 5.90. The van der Waals surface area contributed by atoms with Gasteiger partial charge in [0, 0.05) is 42.1 Å². The zero-order valence-corrected chi connectivity index (χ0v) is 22.1. The standard InChI is InChI=1S/C27H39N7O2/c1-16(2)22-23(18-12-17(3)25-28-15-29-34(25)14-18)32-33-24(22)26(35)31-20-8-6-19(7-9-20)30-21-10-11-36-27(4,5)13-21/h12,14-16,19-21,30H,6-11,13H2,1-5H3,(H,31,35)(H,32,33)/t19-,20+,21?. The Morgan fingerprint density at radius 2 is 1.92 bits per heavy atom. The number of amides is 1. The van der Waals surface area contributed by atoms with Crippen LogP contribution in [0.5, 0.6) is 0 Å². The number of carbonyl (C=O) groups is 1. The van der Waals surface area contributed by atoms with Gasteiger partial charge in [-0.15, -0.1) is 0 Å². The fourth-order valence-electron chi connectivity index (χ4n) is 5.90. The Kier molecular flexibility index (Phi) is 6.87. The van der Waals surface area contributed by atoms with Crippen molar-refractivity contribution in [2.24, 2.45) is 0 Å². The molecule has 1 amide bonds. The van der Waals surface area contributed by atoms with E-state index in [1.54, 1.807) is 10.8 Å². The number of hydrogen-bond donors (Lipinski definition) is 3. The molecular formula is C27H39N7O2. The molecule has 1 aliphatic carbocycles. The molecule has 0 bridgehead atoms. The molecule has 0 aromatic carbocycles. The van der Waals surface area contributed by atoms with E-state index in [0.717, 1.165) is 73.2 Å². The molecule has 5 rings (SSSR count). The summed E-state index contributed by atoms with van der Waals surface area (Å²) in [5.74, 6) is 0.0391. The van der Waals surface area contributed by atoms with Gasteiger partial charge in [0.15, 0.2) is 11.3 Å². The topological polar surface area (TPSA) is 109 Å². The summed E-state index contributed by atoms with van der Waals surface area (Å²) in [5.41, 5.74) is 5.04. The Balaban J connectivity index is 1.24. The van der Waals surface area contributed by atoms with Gasteiger partial charge in [0.25, 0.3) is 5.91 Å². The molecule has 9 heteroatoms. The summed E-state index contributed by atoms with van der Waals surface area (Å²) >= 11 is 0. The van der Waals surface area contributed by atoms with Crippen LogP contribution < -0.4 is 10.6 Å². The zero-order valence-electron chi connectivity index (χ0n) is 22.1. The lowest BCUT2D eigenvalue weighted by Gasteiger charge is -2.39. The third kappa shape index (κ3) is 5.18. The molecule has 4 heterocycles. The normalized spacial score (nSPS) is 24.3. The number of aromatic nitrogens is 5. The van der Waals surface area contributed by atoms with Gasteiger partial charge in [0.05, 0.1) is 11.3 Å². The van der Waals surface area contributed by atoms with Crippen molar-refractivity contribution in [1.29, 1.82) is 0 Å². The maximum absolute atomic E-state index is 13.3. The van der Waals surface area contributed by atoms with Crippen LogP contribution in [0.25, 0.3) is 16.9 Å². The van der Waals surface area contributed by atoms with E-state index in [1.165, 1.54) is 0 Å². The van der Waals surface area contributed by atoms with Gasteiger partial charge in [-0.25, -0.2) is 9.50 Å². The Morgan fingerprint density at radius 1 is 1.17 bits per heavy atom. The quantitative estimate of drug-likeness (QED) is 0.476. The molecule has 1 saturated carbocycles. The van der Waals surface area contributed by atoms with Gasteiger partial charge < -0.3 is 15.4 Å². The molecule has 3 N–H and O–H groups in total. The number of rotatable bonds is 6. The molecule has 194 valence electrons. The number of aryl methyl sites for hydroxylation is 1. The van der Waals surface area contributed by atoms with E-state index in [1.807, 2.05) is 13.1 Å². The molecule has 2 fully saturated rings. The number of carbonyl (C=O) groups excluding carboxylic acids is 1. The van der Waals surface area contributed by atoms with Gasteiger partial charge in [-0.3, -0.25) is 9.89 Å². The van der Waals surface area contributed by atoms with Crippen LogP contribution in [0.15, 0.2) is 18.6 Å².